The highest BCUT2D eigenvalue weighted by atomic mass is 16.8. The molecule has 0 radical (unpaired) electrons. The first-order valence-corrected chi connectivity index (χ1v) is 26.0. The number of amides is 2. The molecule has 2 saturated heterocycles. The molecule has 0 saturated carbocycles. The van der Waals surface area contributed by atoms with Crippen LogP contribution < -0.4 is 0 Å². The maximum Gasteiger partial charge on any atom is 0.339 e. The van der Waals surface area contributed by atoms with E-state index in [1.54, 1.807) is 48.5 Å². The Balaban J connectivity index is 1.03. The molecule has 0 aromatic heterocycles. The first-order chi connectivity index (χ1) is 37.9. The van der Waals surface area contributed by atoms with Gasteiger partial charge in [-0.05, 0) is 51.6 Å². The molecule has 4 aliphatic heterocycles. The van der Waals surface area contributed by atoms with Gasteiger partial charge in [0.15, 0.2) is 18.7 Å². The van der Waals surface area contributed by atoms with Gasteiger partial charge in [0.05, 0.1) is 69.5 Å². The molecule has 0 bridgehead atoms. The van der Waals surface area contributed by atoms with Gasteiger partial charge in [0, 0.05) is 0 Å². The van der Waals surface area contributed by atoms with Gasteiger partial charge in [-0.25, -0.2) is 4.79 Å². The zero-order valence-corrected chi connectivity index (χ0v) is 42.2. The van der Waals surface area contributed by atoms with Crippen LogP contribution in [0.5, 0.6) is 0 Å². The summed E-state index contributed by atoms with van der Waals surface area (Å²) in [6.45, 7) is 0.513. The summed E-state index contributed by atoms with van der Waals surface area (Å²) in [5.74, 6) is -1.81. The summed E-state index contributed by atoms with van der Waals surface area (Å²) >= 11 is 0. The van der Waals surface area contributed by atoms with Crippen LogP contribution in [0, 0.1) is 0 Å². The molecule has 2 amide bonds. The summed E-state index contributed by atoms with van der Waals surface area (Å²) in [7, 11) is 0. The molecule has 0 spiro atoms. The lowest BCUT2D eigenvalue weighted by Crippen LogP contribution is -2.69. The van der Waals surface area contributed by atoms with E-state index in [4.69, 9.17) is 47.4 Å². The van der Waals surface area contributed by atoms with E-state index in [0.717, 1.165) is 32.7 Å². The van der Waals surface area contributed by atoms with Crippen LogP contribution in [0.1, 0.15) is 64.5 Å². The van der Waals surface area contributed by atoms with Crippen molar-refractivity contribution in [3.05, 3.63) is 250 Å². The number of rotatable bonds is 18. The van der Waals surface area contributed by atoms with Gasteiger partial charge >= 0.3 is 5.97 Å². The molecule has 4 heterocycles. The molecule has 7 aromatic rings. The standard InChI is InChI=1S/C63H59NO13/c65-59-49-32-18-19-33-50(49)60(66)64(59)53-56-55(52(41-69-35-43-22-8-2-9-23-43)74-62(53)73-38-46-28-14-5-15-29-46)77-63-58(76-61(67)48-31-17-16-30-47(48)39-72-56)57(71-37-45-26-12-4-13-27-45)54(70-36-44-24-10-3-11-25-44)51(75-63)40-68-34-42-20-6-1-7-21-42/h1-33,51-58,62-63H,34-41H2/t51-,52-,53-,54-,55-,56-,57+,58-,62-,63-/m1/s1. The third kappa shape index (κ3) is 12.2. The largest absolute Gasteiger partial charge is 0.450 e. The Hall–Kier alpha value is -7.21. The normalized spacial score (nSPS) is 25.1. The Morgan fingerprint density at radius 1 is 0.416 bits per heavy atom. The minimum Gasteiger partial charge on any atom is -0.450 e. The summed E-state index contributed by atoms with van der Waals surface area (Å²) < 4.78 is 68.8. The molecule has 77 heavy (non-hydrogen) atoms. The van der Waals surface area contributed by atoms with Gasteiger partial charge in [-0.3, -0.25) is 14.5 Å². The predicted molar refractivity (Wildman–Crippen MR) is 281 cm³/mol. The maximum atomic E-state index is 14.9. The number of fused-ring (bicyclic) bond motifs is 4. The van der Waals surface area contributed by atoms with Crippen molar-refractivity contribution in [2.45, 2.75) is 101 Å². The van der Waals surface area contributed by atoms with Gasteiger partial charge in [0.2, 0.25) is 0 Å². The molecule has 0 unspecified atom stereocenters. The van der Waals surface area contributed by atoms with E-state index < -0.39 is 79.1 Å². The molecule has 0 aliphatic carbocycles. The van der Waals surface area contributed by atoms with Crippen molar-refractivity contribution < 1.29 is 61.8 Å². The number of imide groups is 1. The van der Waals surface area contributed by atoms with E-state index in [0.29, 0.717) is 5.56 Å². The second-order valence-electron chi connectivity index (χ2n) is 19.3. The summed E-state index contributed by atoms with van der Waals surface area (Å²) in [6.07, 6.45) is -10.3. The third-order valence-electron chi connectivity index (χ3n) is 14.1. The van der Waals surface area contributed by atoms with Gasteiger partial charge in [-0.1, -0.05) is 182 Å². The molecular formula is C63H59NO13. The number of carbonyl (C=O) groups excluding carboxylic acids is 3. The van der Waals surface area contributed by atoms with Crippen LogP contribution in [0.2, 0.25) is 0 Å². The number of nitrogens with zero attached hydrogens (tertiary/aromatic N) is 1. The average molecular weight is 1040 g/mol. The van der Waals surface area contributed by atoms with Crippen LogP contribution in [0.25, 0.3) is 0 Å². The molecule has 2 fully saturated rings. The fraction of sp³-hybridized carbons (Fsp3) is 0.286. The van der Waals surface area contributed by atoms with Gasteiger partial charge in [-0.2, -0.15) is 0 Å². The fourth-order valence-corrected chi connectivity index (χ4v) is 10.3. The van der Waals surface area contributed by atoms with Crippen molar-refractivity contribution in [1.82, 2.24) is 4.90 Å². The van der Waals surface area contributed by atoms with Gasteiger partial charge < -0.3 is 47.4 Å². The highest BCUT2D eigenvalue weighted by Gasteiger charge is 2.59. The van der Waals surface area contributed by atoms with Crippen LogP contribution in [-0.2, 0) is 87.0 Å². The summed E-state index contributed by atoms with van der Waals surface area (Å²) in [5.41, 5.74) is 5.57. The minimum absolute atomic E-state index is 0.000678. The van der Waals surface area contributed by atoms with Crippen LogP contribution >= 0.6 is 0 Å². The quantitative estimate of drug-likeness (QED) is 0.0595. The molecule has 4 aliphatic rings. The summed E-state index contributed by atoms with van der Waals surface area (Å²) in [6, 6.07) is 60.8. The third-order valence-corrected chi connectivity index (χ3v) is 14.1. The highest BCUT2D eigenvalue weighted by molar-refractivity contribution is 6.21. The monoisotopic (exact) mass is 1040 g/mol. The molecule has 11 rings (SSSR count). The predicted octanol–water partition coefficient (Wildman–Crippen LogP) is 9.43. The molecule has 10 atom stereocenters. The average Bonchev–Trinajstić information content (AvgIpc) is 3.80. The van der Waals surface area contributed by atoms with Crippen LogP contribution in [-0.4, -0.2) is 97.2 Å². The smallest absolute Gasteiger partial charge is 0.339 e. The number of hydrogen-bond donors (Lipinski definition) is 0. The van der Waals surface area contributed by atoms with E-state index in [-0.39, 0.29) is 69.5 Å². The van der Waals surface area contributed by atoms with Crippen LogP contribution in [0.15, 0.2) is 200 Å². The van der Waals surface area contributed by atoms with Crippen molar-refractivity contribution in [2.24, 2.45) is 0 Å². The summed E-state index contributed by atoms with van der Waals surface area (Å²) in [4.78, 5) is 45.8. The zero-order valence-electron chi connectivity index (χ0n) is 42.2. The molecule has 14 heteroatoms. The van der Waals surface area contributed by atoms with Gasteiger partial charge in [0.1, 0.15) is 42.7 Å². The Morgan fingerprint density at radius 3 is 1.39 bits per heavy atom. The van der Waals surface area contributed by atoms with Crippen molar-refractivity contribution in [2.75, 3.05) is 13.2 Å². The highest BCUT2D eigenvalue weighted by Crippen LogP contribution is 2.40. The molecule has 7 aromatic carbocycles. The Labute approximate surface area is 447 Å². The molecule has 0 N–H and O–H groups in total. The number of carbonyl (C=O) groups is 3. The van der Waals surface area contributed by atoms with Crippen LogP contribution in [0.4, 0.5) is 0 Å². The molecule has 14 nitrogen and oxygen atoms in total. The fourth-order valence-electron chi connectivity index (χ4n) is 10.3. The van der Waals surface area contributed by atoms with Gasteiger partial charge in [-0.15, -0.1) is 0 Å². The Kier molecular flexibility index (Phi) is 16.7. The lowest BCUT2D eigenvalue weighted by Gasteiger charge is -2.51. The number of hydrogen-bond acceptors (Lipinski definition) is 13. The van der Waals surface area contributed by atoms with E-state index in [1.807, 2.05) is 152 Å². The number of esters is 1. The lowest BCUT2D eigenvalue weighted by molar-refractivity contribution is -0.362. The van der Waals surface area contributed by atoms with Gasteiger partial charge in [0.25, 0.3) is 11.8 Å². The second kappa shape index (κ2) is 24.8. The van der Waals surface area contributed by atoms with E-state index in [2.05, 4.69) is 0 Å². The van der Waals surface area contributed by atoms with E-state index in [1.165, 1.54) is 0 Å². The van der Waals surface area contributed by atoms with Crippen molar-refractivity contribution in [3.63, 3.8) is 0 Å². The van der Waals surface area contributed by atoms with Crippen molar-refractivity contribution >= 4 is 17.8 Å². The topological polar surface area (TPSA) is 147 Å². The van der Waals surface area contributed by atoms with Crippen molar-refractivity contribution in [3.8, 4) is 0 Å². The Morgan fingerprint density at radius 2 is 0.857 bits per heavy atom. The van der Waals surface area contributed by atoms with Crippen molar-refractivity contribution in [1.29, 1.82) is 0 Å². The number of ether oxygens (including phenoxy) is 10. The first kappa shape index (κ1) is 51.9. The van der Waals surface area contributed by atoms with E-state index in [9.17, 15) is 14.4 Å². The lowest BCUT2D eigenvalue weighted by atomic mass is 9.93. The number of benzene rings is 7. The SMILES string of the molecule is O=C1O[C@H]2[C@@H](O[C@H]3[C@H](OCc4ccccc41)[C@@H](N1C(=O)c4ccccc4C1=O)[C@H](OCc1ccccc1)O[C@@H]3COCc1ccccc1)O[C@H](COCc1ccccc1)[C@@H](OCc1ccccc1)[C@@H]2OCc1ccccc1. The summed E-state index contributed by atoms with van der Waals surface area (Å²) in [5, 5.41) is 0. The van der Waals surface area contributed by atoms with Crippen LogP contribution in [0.3, 0.4) is 0 Å². The van der Waals surface area contributed by atoms with E-state index >= 15 is 0 Å². The minimum atomic E-state index is -1.44. The Bertz CT molecular complexity index is 3010. The maximum absolute atomic E-state index is 14.9. The first-order valence-electron chi connectivity index (χ1n) is 26.0. The molecule has 394 valence electrons. The second-order valence-corrected chi connectivity index (χ2v) is 19.3. The molecular weight excluding hydrogens is 979 g/mol. The zero-order chi connectivity index (χ0) is 52.3.